The maximum Gasteiger partial charge on any atom is 0.334 e. The first-order valence-corrected chi connectivity index (χ1v) is 19.7. The second kappa shape index (κ2) is 25.2. The number of unbranched alkanes of at least 4 members (excludes halogenated alkanes) is 24. The average molecular weight is 619 g/mol. The van der Waals surface area contributed by atoms with Gasteiger partial charge in [-0.25, -0.2) is 4.79 Å². The molecule has 0 amide bonds. The zero-order valence-electron chi connectivity index (χ0n) is 29.9. The Morgan fingerprint density at radius 2 is 0.886 bits per heavy atom. The quantitative estimate of drug-likeness (QED) is 0.0593. The summed E-state index contributed by atoms with van der Waals surface area (Å²) < 4.78 is 17.8. The van der Waals surface area contributed by atoms with E-state index in [0.29, 0.717) is 12.2 Å². The number of carbonyl (C=O) groups excluding carboxylic acids is 1. The zero-order chi connectivity index (χ0) is 31.7. The maximum atomic E-state index is 11.6. The molecule has 4 heteroatoms. The number of hydrogen-bond donors (Lipinski definition) is 0. The fourth-order valence-corrected chi connectivity index (χ4v) is 7.18. The first-order chi connectivity index (χ1) is 21.4. The van der Waals surface area contributed by atoms with Gasteiger partial charge in [0.25, 0.3) is 0 Å². The standard InChI is InChI=1S/C40H74O4/c1-5-6-7-8-9-10-11-12-13-17-20-23-26-29-32-37-38(44-40(3,4)43-37)33-30-27-24-21-18-15-14-16-19-22-25-28-31-36-34-35(2)42-39(36)41/h34-35,37-38H,5-33H2,1-4H3/t35-,37-,38+/m0/s1. The highest BCUT2D eigenvalue weighted by atomic mass is 16.7. The van der Waals surface area contributed by atoms with Gasteiger partial charge < -0.3 is 14.2 Å². The Balaban J connectivity index is 1.35. The molecule has 0 radical (unpaired) electrons. The second-order valence-corrected chi connectivity index (χ2v) is 14.7. The van der Waals surface area contributed by atoms with Gasteiger partial charge in [0.05, 0.1) is 12.2 Å². The summed E-state index contributed by atoms with van der Waals surface area (Å²) in [6, 6.07) is 0. The van der Waals surface area contributed by atoms with E-state index < -0.39 is 5.79 Å². The summed E-state index contributed by atoms with van der Waals surface area (Å²) in [4.78, 5) is 11.6. The minimum Gasteiger partial charge on any atom is -0.455 e. The lowest BCUT2D eigenvalue weighted by molar-refractivity contribution is -0.147. The summed E-state index contributed by atoms with van der Waals surface area (Å²) in [6.45, 7) is 8.42. The normalized spacial score (nSPS) is 21.2. The number of rotatable bonds is 30. The van der Waals surface area contributed by atoms with E-state index in [4.69, 9.17) is 14.2 Å². The zero-order valence-corrected chi connectivity index (χ0v) is 29.9. The van der Waals surface area contributed by atoms with Gasteiger partial charge in [0.15, 0.2) is 5.79 Å². The Kier molecular flexibility index (Phi) is 22.6. The number of carbonyl (C=O) groups is 1. The molecule has 0 aromatic rings. The fraction of sp³-hybridized carbons (Fsp3) is 0.925. The van der Waals surface area contributed by atoms with Crippen LogP contribution in [-0.2, 0) is 19.0 Å². The molecule has 0 bridgehead atoms. The van der Waals surface area contributed by atoms with Crippen molar-refractivity contribution in [2.45, 2.75) is 238 Å². The molecule has 0 saturated carbocycles. The molecule has 4 nitrogen and oxygen atoms in total. The molecule has 2 aliphatic rings. The smallest absolute Gasteiger partial charge is 0.334 e. The van der Waals surface area contributed by atoms with E-state index in [1.807, 2.05) is 13.0 Å². The molecule has 0 aromatic heterocycles. The molecule has 0 aromatic carbocycles. The highest BCUT2D eigenvalue weighted by molar-refractivity contribution is 5.90. The van der Waals surface area contributed by atoms with Gasteiger partial charge in [0.1, 0.15) is 6.10 Å². The molecule has 44 heavy (non-hydrogen) atoms. The van der Waals surface area contributed by atoms with Gasteiger partial charge >= 0.3 is 5.97 Å². The van der Waals surface area contributed by atoms with Crippen molar-refractivity contribution in [2.75, 3.05) is 0 Å². The van der Waals surface area contributed by atoms with Crippen LogP contribution in [0.25, 0.3) is 0 Å². The molecule has 0 aliphatic carbocycles. The average Bonchev–Trinajstić information content (AvgIpc) is 3.48. The van der Waals surface area contributed by atoms with Crippen LogP contribution in [0.1, 0.15) is 214 Å². The number of cyclic esters (lactones) is 1. The van der Waals surface area contributed by atoms with E-state index in [0.717, 1.165) is 31.3 Å². The predicted octanol–water partition coefficient (Wildman–Crippen LogP) is 12.7. The first-order valence-electron chi connectivity index (χ1n) is 19.7. The minimum atomic E-state index is -0.411. The molecule has 0 spiro atoms. The number of esters is 1. The summed E-state index contributed by atoms with van der Waals surface area (Å²) in [7, 11) is 0. The highest BCUT2D eigenvalue weighted by Crippen LogP contribution is 2.34. The lowest BCUT2D eigenvalue weighted by atomic mass is 9.99. The van der Waals surface area contributed by atoms with E-state index in [-0.39, 0.29) is 12.1 Å². The summed E-state index contributed by atoms with van der Waals surface area (Å²) in [5, 5.41) is 0. The Morgan fingerprint density at radius 1 is 0.545 bits per heavy atom. The number of hydrogen-bond acceptors (Lipinski definition) is 4. The van der Waals surface area contributed by atoms with Gasteiger partial charge in [-0.3, -0.25) is 0 Å². The lowest BCUT2D eigenvalue weighted by Crippen LogP contribution is -2.22. The van der Waals surface area contributed by atoms with Crippen molar-refractivity contribution >= 4 is 5.97 Å². The van der Waals surface area contributed by atoms with Crippen LogP contribution in [0.5, 0.6) is 0 Å². The van der Waals surface area contributed by atoms with E-state index in [9.17, 15) is 4.79 Å². The first kappa shape index (κ1) is 39.3. The molecule has 0 unspecified atom stereocenters. The van der Waals surface area contributed by atoms with E-state index in [1.165, 1.54) is 161 Å². The van der Waals surface area contributed by atoms with Gasteiger partial charge in [0.2, 0.25) is 0 Å². The molecular weight excluding hydrogens is 544 g/mol. The van der Waals surface area contributed by atoms with Crippen molar-refractivity contribution in [3.05, 3.63) is 11.6 Å². The van der Waals surface area contributed by atoms with Crippen molar-refractivity contribution in [3.63, 3.8) is 0 Å². The minimum absolute atomic E-state index is 0.0262. The third kappa shape index (κ3) is 19.6. The van der Waals surface area contributed by atoms with Crippen LogP contribution in [0.4, 0.5) is 0 Å². The van der Waals surface area contributed by atoms with Crippen molar-refractivity contribution in [3.8, 4) is 0 Å². The van der Waals surface area contributed by atoms with E-state index in [2.05, 4.69) is 20.8 Å². The molecule has 3 atom stereocenters. The van der Waals surface area contributed by atoms with Crippen molar-refractivity contribution in [1.82, 2.24) is 0 Å². The summed E-state index contributed by atoms with van der Waals surface area (Å²) in [5.41, 5.74) is 0.894. The van der Waals surface area contributed by atoms with E-state index in [1.54, 1.807) is 0 Å². The van der Waals surface area contributed by atoms with Crippen LogP contribution < -0.4 is 0 Å². The van der Waals surface area contributed by atoms with Crippen molar-refractivity contribution in [2.24, 2.45) is 0 Å². The monoisotopic (exact) mass is 619 g/mol. The largest absolute Gasteiger partial charge is 0.455 e. The molecule has 0 N–H and O–H groups in total. The summed E-state index contributed by atoms with van der Waals surface area (Å²) in [6.07, 6.45) is 41.3. The third-order valence-electron chi connectivity index (χ3n) is 9.80. The summed E-state index contributed by atoms with van der Waals surface area (Å²) >= 11 is 0. The molecular formula is C40H74O4. The number of ether oxygens (including phenoxy) is 3. The molecule has 2 aliphatic heterocycles. The van der Waals surface area contributed by atoms with Crippen LogP contribution in [0.2, 0.25) is 0 Å². The van der Waals surface area contributed by atoms with Crippen LogP contribution in [-0.4, -0.2) is 30.1 Å². The van der Waals surface area contributed by atoms with Crippen molar-refractivity contribution < 1.29 is 19.0 Å². The lowest BCUT2D eigenvalue weighted by Gasteiger charge is -2.16. The molecule has 2 heterocycles. The molecule has 1 fully saturated rings. The van der Waals surface area contributed by atoms with Gasteiger partial charge in [-0.1, -0.05) is 167 Å². The Morgan fingerprint density at radius 3 is 1.23 bits per heavy atom. The van der Waals surface area contributed by atoms with Gasteiger partial charge in [-0.2, -0.15) is 0 Å². The van der Waals surface area contributed by atoms with Crippen LogP contribution >= 0.6 is 0 Å². The Bertz CT molecular complexity index is 729. The molecule has 2 rings (SSSR count). The SMILES string of the molecule is CCCCCCCCCCCCCCCC[C@@H]1OC(C)(C)O[C@@H]1CCCCCCCCCCCCCCC1=C[C@H](C)OC1=O. The predicted molar refractivity (Wildman–Crippen MR) is 187 cm³/mol. The van der Waals surface area contributed by atoms with Crippen molar-refractivity contribution in [1.29, 1.82) is 0 Å². The van der Waals surface area contributed by atoms with Gasteiger partial charge in [0, 0.05) is 5.57 Å². The fourth-order valence-electron chi connectivity index (χ4n) is 7.18. The van der Waals surface area contributed by atoms with E-state index >= 15 is 0 Å². The van der Waals surface area contributed by atoms with Crippen LogP contribution in [0, 0.1) is 0 Å². The highest BCUT2D eigenvalue weighted by Gasteiger charge is 2.40. The topological polar surface area (TPSA) is 44.8 Å². The van der Waals surface area contributed by atoms with Crippen LogP contribution in [0.3, 0.4) is 0 Å². The summed E-state index contributed by atoms with van der Waals surface area (Å²) in [5.74, 6) is -0.507. The van der Waals surface area contributed by atoms with Gasteiger partial charge in [-0.05, 0) is 52.5 Å². The Labute approximate surface area is 274 Å². The molecule has 258 valence electrons. The van der Waals surface area contributed by atoms with Crippen LogP contribution in [0.15, 0.2) is 11.6 Å². The third-order valence-corrected chi connectivity index (χ3v) is 9.80. The Hall–Kier alpha value is -0.870. The molecule has 1 saturated heterocycles. The second-order valence-electron chi connectivity index (χ2n) is 14.7. The van der Waals surface area contributed by atoms with Gasteiger partial charge in [-0.15, -0.1) is 0 Å². The maximum absolute atomic E-state index is 11.6.